The molecule has 0 aromatic heterocycles. The number of nitrogens with zero attached hydrogens (tertiary/aromatic N) is 1. The normalized spacial score (nSPS) is 5.85. The first-order valence-corrected chi connectivity index (χ1v) is 2.67. The third-order valence-electron chi connectivity index (χ3n) is 0.271. The van der Waals surface area contributed by atoms with E-state index in [0.717, 1.165) is 6.08 Å². The van der Waals surface area contributed by atoms with Gasteiger partial charge in [-0.25, -0.2) is 4.79 Å². The van der Waals surface area contributed by atoms with Gasteiger partial charge in [-0.1, -0.05) is 13.2 Å². The Morgan fingerprint density at radius 1 is 1.46 bits per heavy atom. The molecule has 7 heteroatoms. The maximum atomic E-state index is 9.25. The molecule has 2 N–H and O–H groups in total. The predicted molar refractivity (Wildman–Crippen MR) is 42.9 cm³/mol. The highest BCUT2D eigenvalue weighted by molar-refractivity contribution is 5.78. The van der Waals surface area contributed by atoms with Gasteiger partial charge >= 0.3 is 5.97 Å². The van der Waals surface area contributed by atoms with Crippen molar-refractivity contribution in [3.8, 4) is 0 Å². The lowest BCUT2D eigenvalue weighted by atomic mass is 10.7. The molecule has 0 fully saturated rings. The van der Waals surface area contributed by atoms with Gasteiger partial charge in [-0.05, 0) is 6.08 Å². The van der Waals surface area contributed by atoms with Crippen LogP contribution in [0.2, 0.25) is 0 Å². The highest BCUT2D eigenvalue weighted by atomic mass is 16.9. The Bertz CT molecular complexity index is 178. The fourth-order valence-corrected chi connectivity index (χ4v) is 0. The Hall–Kier alpha value is -2.18. The van der Waals surface area contributed by atoms with E-state index in [9.17, 15) is 4.79 Å². The molecule has 0 saturated carbocycles. The third-order valence-corrected chi connectivity index (χ3v) is 0.271. The number of carboxylic acid groups (broad SMARTS) is 1. The number of allylic oxidation sites excluding steroid dienone is 1. The van der Waals surface area contributed by atoms with E-state index in [4.69, 9.17) is 25.2 Å². The largest absolute Gasteiger partial charge is 0.478 e. The van der Waals surface area contributed by atoms with E-state index in [1.165, 1.54) is 6.08 Å². The Balaban J connectivity index is -0.000000117. The van der Waals surface area contributed by atoms with Crippen molar-refractivity contribution in [3.63, 3.8) is 0 Å². The van der Waals surface area contributed by atoms with Crippen LogP contribution in [0.25, 0.3) is 0 Å². The van der Waals surface area contributed by atoms with Gasteiger partial charge < -0.3 is 10.3 Å². The van der Waals surface area contributed by atoms with Crippen LogP contribution in [0, 0.1) is 10.1 Å². The van der Waals surface area contributed by atoms with Gasteiger partial charge in [0.2, 0.25) is 0 Å². The molecule has 0 atom stereocenters. The fourth-order valence-electron chi connectivity index (χ4n) is 0. The van der Waals surface area contributed by atoms with E-state index < -0.39 is 11.1 Å². The summed E-state index contributed by atoms with van der Waals surface area (Å²) in [5.74, 6) is -0.981. The lowest BCUT2D eigenvalue weighted by Crippen LogP contribution is -1.82. The van der Waals surface area contributed by atoms with Crippen molar-refractivity contribution in [2.24, 2.45) is 0 Å². The number of hydrogen-bond donors (Lipinski definition) is 2. The smallest absolute Gasteiger partial charge is 0.327 e. The molecule has 7 nitrogen and oxygen atoms in total. The minimum absolute atomic E-state index is 0.639. The summed E-state index contributed by atoms with van der Waals surface area (Å²) < 4.78 is 0. The summed E-state index contributed by atoms with van der Waals surface area (Å²) in [6.45, 7) is 6.07. The molecular formula is C6H9NO6. The van der Waals surface area contributed by atoms with E-state index in [2.05, 4.69) is 13.2 Å². The Labute approximate surface area is 73.7 Å². The summed E-state index contributed by atoms with van der Waals surface area (Å²) in [6, 6.07) is 0. The molecule has 0 aliphatic rings. The van der Waals surface area contributed by atoms with E-state index >= 15 is 0 Å². The third kappa shape index (κ3) is 893. The Morgan fingerprint density at radius 2 is 1.62 bits per heavy atom. The summed E-state index contributed by atoms with van der Waals surface area (Å²) in [5, 5.41) is 21.2. The van der Waals surface area contributed by atoms with Gasteiger partial charge in [0.15, 0.2) is 0 Å². The van der Waals surface area contributed by atoms with E-state index in [0.29, 0.717) is 6.29 Å². The molecule has 0 unspecified atom stereocenters. The van der Waals surface area contributed by atoms with Gasteiger partial charge in [0.05, 0.1) is 0 Å². The second-order valence-electron chi connectivity index (χ2n) is 1.15. The van der Waals surface area contributed by atoms with Crippen LogP contribution in [-0.4, -0.2) is 27.7 Å². The molecule has 74 valence electrons. The molecule has 0 bridgehead atoms. The molecule has 0 spiro atoms. The molecule has 0 heterocycles. The molecule has 0 saturated heterocycles. The minimum atomic E-state index is -1.50. The van der Waals surface area contributed by atoms with Crippen molar-refractivity contribution >= 4 is 12.3 Å². The van der Waals surface area contributed by atoms with Crippen LogP contribution in [0.5, 0.6) is 0 Å². The monoisotopic (exact) mass is 191 g/mol. The molecule has 0 radical (unpaired) electrons. The zero-order valence-electron chi connectivity index (χ0n) is 6.62. The number of carbonyl (C=O) groups excluding carboxylic acids is 1. The number of aldehydes is 1. The Kier molecular flexibility index (Phi) is 21.6. The average Bonchev–Trinajstić information content (AvgIpc) is 2.04. The van der Waals surface area contributed by atoms with Crippen molar-refractivity contribution in [2.45, 2.75) is 0 Å². The lowest BCUT2D eigenvalue weighted by Gasteiger charge is -1.64. The van der Waals surface area contributed by atoms with Gasteiger partial charge in [-0.2, -0.15) is 0 Å². The first-order valence-electron chi connectivity index (χ1n) is 2.67. The second kappa shape index (κ2) is 16.4. The van der Waals surface area contributed by atoms with Gasteiger partial charge in [-0.15, -0.1) is 10.1 Å². The van der Waals surface area contributed by atoms with Crippen LogP contribution in [-0.2, 0) is 9.59 Å². The number of carbonyl (C=O) groups is 2. The summed E-state index contributed by atoms with van der Waals surface area (Å²) in [4.78, 5) is 26.7. The van der Waals surface area contributed by atoms with Gasteiger partial charge in [-0.3, -0.25) is 4.79 Å². The van der Waals surface area contributed by atoms with Crippen LogP contribution < -0.4 is 0 Å². The van der Waals surface area contributed by atoms with Crippen molar-refractivity contribution in [2.75, 3.05) is 0 Å². The van der Waals surface area contributed by atoms with Crippen molar-refractivity contribution in [1.82, 2.24) is 0 Å². The number of carboxylic acids is 1. The van der Waals surface area contributed by atoms with Gasteiger partial charge in [0.25, 0.3) is 5.09 Å². The van der Waals surface area contributed by atoms with Crippen LogP contribution in [0.1, 0.15) is 0 Å². The van der Waals surface area contributed by atoms with Crippen molar-refractivity contribution in [1.29, 1.82) is 0 Å². The topological polar surface area (TPSA) is 118 Å². The first kappa shape index (κ1) is 17.1. The highest BCUT2D eigenvalue weighted by Gasteiger charge is 1.73. The van der Waals surface area contributed by atoms with Crippen molar-refractivity contribution in [3.05, 3.63) is 35.4 Å². The molecule has 0 aromatic rings. The van der Waals surface area contributed by atoms with Crippen LogP contribution in [0.4, 0.5) is 0 Å². The van der Waals surface area contributed by atoms with E-state index in [-0.39, 0.29) is 0 Å². The summed E-state index contributed by atoms with van der Waals surface area (Å²) in [5.41, 5.74) is 0. The quantitative estimate of drug-likeness (QED) is 0.280. The van der Waals surface area contributed by atoms with Gasteiger partial charge in [0.1, 0.15) is 6.29 Å². The summed E-state index contributed by atoms with van der Waals surface area (Å²) in [7, 11) is 0. The zero-order chi connectivity index (χ0) is 11.3. The molecular weight excluding hydrogens is 182 g/mol. The SMILES string of the molecule is C=CC(=O)O.C=CC=O.O=[N+]([O-])O. The standard InChI is InChI=1S/C3H4O2.C3H4O.HNO3/c1-2-3(4)5;1-2-3-4;2-1(3)4/h2H,1H2,(H,4,5);2-3H,1H2;(H,2,3,4). The van der Waals surface area contributed by atoms with Gasteiger partial charge in [0, 0.05) is 6.08 Å². The van der Waals surface area contributed by atoms with Crippen LogP contribution >= 0.6 is 0 Å². The number of hydrogen-bond acceptors (Lipinski definition) is 4. The van der Waals surface area contributed by atoms with E-state index in [1.807, 2.05) is 0 Å². The maximum absolute atomic E-state index is 9.25. The van der Waals surface area contributed by atoms with Crippen LogP contribution in [0.3, 0.4) is 0 Å². The molecule has 0 amide bonds. The van der Waals surface area contributed by atoms with Crippen molar-refractivity contribution < 1.29 is 25.0 Å². The molecule has 13 heavy (non-hydrogen) atoms. The summed E-state index contributed by atoms with van der Waals surface area (Å²) >= 11 is 0. The molecule has 0 rings (SSSR count). The molecule has 0 aliphatic heterocycles. The zero-order valence-corrected chi connectivity index (χ0v) is 6.62. The fraction of sp³-hybridized carbons (Fsp3) is 0. The minimum Gasteiger partial charge on any atom is -0.478 e. The highest BCUT2D eigenvalue weighted by Crippen LogP contribution is 1.54. The average molecular weight is 191 g/mol. The second-order valence-corrected chi connectivity index (χ2v) is 1.15. The Morgan fingerprint density at radius 3 is 1.62 bits per heavy atom. The molecule has 0 aromatic carbocycles. The van der Waals surface area contributed by atoms with Crippen LogP contribution in [0.15, 0.2) is 25.3 Å². The first-order chi connectivity index (χ1) is 5.92. The number of aliphatic carboxylic acids is 1. The molecule has 0 aliphatic carbocycles. The predicted octanol–water partition coefficient (Wildman–Crippen LogP) is 0.281. The summed E-state index contributed by atoms with van der Waals surface area (Å²) in [6.07, 6.45) is 2.67. The number of rotatable bonds is 2. The van der Waals surface area contributed by atoms with E-state index in [1.54, 1.807) is 0 Å². The maximum Gasteiger partial charge on any atom is 0.327 e. The lowest BCUT2D eigenvalue weighted by molar-refractivity contribution is -0.742.